The molecule has 114 valence electrons. The van der Waals surface area contributed by atoms with E-state index in [0.717, 1.165) is 43.0 Å². The second-order valence-corrected chi connectivity index (χ2v) is 6.87. The molecule has 3 nitrogen and oxygen atoms in total. The smallest absolute Gasteiger partial charge is 0.128 e. The van der Waals surface area contributed by atoms with Crippen LogP contribution in [0.25, 0.3) is 0 Å². The van der Waals surface area contributed by atoms with Crippen molar-refractivity contribution in [2.24, 2.45) is 11.8 Å². The molecule has 0 radical (unpaired) electrons. The first-order valence-electron chi connectivity index (χ1n) is 8.11. The number of aryl methyl sites for hydroxylation is 1. The monoisotopic (exact) mass is 294 g/mol. The van der Waals surface area contributed by atoms with Crippen LogP contribution < -0.4 is 4.90 Å². The topological polar surface area (TPSA) is 36.4 Å². The number of nitrogens with zero attached hydrogens (tertiary/aromatic N) is 2. The third-order valence-corrected chi connectivity index (χ3v) is 5.28. The predicted molar refractivity (Wildman–Crippen MR) is 87.7 cm³/mol. The summed E-state index contributed by atoms with van der Waals surface area (Å²) in [6, 6.07) is 16.4. The Morgan fingerprint density at radius 3 is 2.32 bits per heavy atom. The summed E-state index contributed by atoms with van der Waals surface area (Å²) < 4.78 is 0. The van der Waals surface area contributed by atoms with Gasteiger partial charge < -0.3 is 10.0 Å². The molecule has 1 unspecified atom stereocenters. The lowest BCUT2D eigenvalue weighted by molar-refractivity contribution is 0.0365. The zero-order valence-corrected chi connectivity index (χ0v) is 12.9. The average Bonchev–Trinajstić information content (AvgIpc) is 3.04. The van der Waals surface area contributed by atoms with Gasteiger partial charge in [0, 0.05) is 18.8 Å². The Hall–Kier alpha value is -1.87. The molecule has 1 aliphatic heterocycles. The Morgan fingerprint density at radius 2 is 1.68 bits per heavy atom. The third-order valence-electron chi connectivity index (χ3n) is 5.28. The number of aliphatic hydroxyl groups is 1. The molecule has 1 saturated heterocycles. The molecule has 2 aromatic rings. The summed E-state index contributed by atoms with van der Waals surface area (Å²) in [6.07, 6.45) is 1.73. The van der Waals surface area contributed by atoms with Gasteiger partial charge in [-0.2, -0.15) is 0 Å². The number of benzene rings is 1. The van der Waals surface area contributed by atoms with Crippen molar-refractivity contribution >= 4 is 5.82 Å². The Kier molecular flexibility index (Phi) is 3.19. The van der Waals surface area contributed by atoms with E-state index < -0.39 is 5.60 Å². The van der Waals surface area contributed by atoms with Crippen molar-refractivity contribution in [2.45, 2.75) is 25.4 Å². The van der Waals surface area contributed by atoms with Gasteiger partial charge in [0.25, 0.3) is 0 Å². The Balaban J connectivity index is 1.51. The Morgan fingerprint density at radius 1 is 1.00 bits per heavy atom. The van der Waals surface area contributed by atoms with Crippen LogP contribution in [0.15, 0.2) is 48.5 Å². The molecular weight excluding hydrogens is 272 g/mol. The van der Waals surface area contributed by atoms with Gasteiger partial charge >= 0.3 is 0 Å². The first-order chi connectivity index (χ1) is 10.6. The summed E-state index contributed by atoms with van der Waals surface area (Å²) in [4.78, 5) is 7.02. The SMILES string of the molecule is Cc1cccc(N2C[C@@H]3CC(O)(c4ccccc4)C[C@@H]3C2)n1. The van der Waals surface area contributed by atoms with Crippen molar-refractivity contribution in [1.29, 1.82) is 0 Å². The molecule has 4 rings (SSSR count). The van der Waals surface area contributed by atoms with Crippen molar-refractivity contribution < 1.29 is 5.11 Å². The summed E-state index contributed by atoms with van der Waals surface area (Å²) in [5, 5.41) is 11.0. The van der Waals surface area contributed by atoms with Crippen LogP contribution in [0.2, 0.25) is 0 Å². The standard InChI is InChI=1S/C19H22N2O/c1-14-6-5-9-18(20-14)21-12-15-10-19(22,11-16(15)13-21)17-7-3-2-4-8-17/h2-9,15-16,22H,10-13H2,1H3/t15-,16+,19?. The lowest BCUT2D eigenvalue weighted by atomic mass is 9.90. The van der Waals surface area contributed by atoms with Crippen LogP contribution in [0.3, 0.4) is 0 Å². The highest BCUT2D eigenvalue weighted by Gasteiger charge is 2.49. The van der Waals surface area contributed by atoms with Gasteiger partial charge in [-0.15, -0.1) is 0 Å². The Bertz CT molecular complexity index is 656. The molecular formula is C19H22N2O. The maximum Gasteiger partial charge on any atom is 0.128 e. The van der Waals surface area contributed by atoms with Gasteiger partial charge in [0.2, 0.25) is 0 Å². The lowest BCUT2D eigenvalue weighted by Gasteiger charge is -2.27. The van der Waals surface area contributed by atoms with Crippen LogP contribution in [0.4, 0.5) is 5.82 Å². The number of anilines is 1. The minimum atomic E-state index is -0.636. The number of hydrogen-bond acceptors (Lipinski definition) is 3. The fraction of sp³-hybridized carbons (Fsp3) is 0.421. The molecule has 2 aliphatic rings. The van der Waals surface area contributed by atoms with Crippen LogP contribution in [0.1, 0.15) is 24.1 Å². The van der Waals surface area contributed by atoms with Gasteiger partial charge in [-0.3, -0.25) is 0 Å². The number of fused-ring (bicyclic) bond motifs is 1. The first-order valence-corrected chi connectivity index (χ1v) is 8.11. The van der Waals surface area contributed by atoms with E-state index in [1.54, 1.807) is 0 Å². The molecule has 0 spiro atoms. The maximum atomic E-state index is 11.0. The predicted octanol–water partition coefficient (Wildman–Crippen LogP) is 3.12. The number of hydrogen-bond donors (Lipinski definition) is 1. The molecule has 2 heterocycles. The van der Waals surface area contributed by atoms with Crippen molar-refractivity contribution in [3.8, 4) is 0 Å². The van der Waals surface area contributed by atoms with E-state index in [9.17, 15) is 5.11 Å². The quantitative estimate of drug-likeness (QED) is 0.924. The summed E-state index contributed by atoms with van der Waals surface area (Å²) >= 11 is 0. The Labute approximate surface area is 131 Å². The van der Waals surface area contributed by atoms with Gasteiger partial charge in [-0.05, 0) is 49.3 Å². The van der Waals surface area contributed by atoms with Crippen molar-refractivity contribution in [1.82, 2.24) is 4.98 Å². The second kappa shape index (κ2) is 5.10. The maximum absolute atomic E-state index is 11.0. The highest BCUT2D eigenvalue weighted by Crippen LogP contribution is 2.49. The van der Waals surface area contributed by atoms with Crippen LogP contribution >= 0.6 is 0 Å². The largest absolute Gasteiger partial charge is 0.385 e. The molecule has 2 fully saturated rings. The molecule has 1 aromatic heterocycles. The highest BCUT2D eigenvalue weighted by atomic mass is 16.3. The molecule has 1 aromatic carbocycles. The number of aromatic nitrogens is 1. The van der Waals surface area contributed by atoms with Crippen LogP contribution in [0.5, 0.6) is 0 Å². The van der Waals surface area contributed by atoms with E-state index >= 15 is 0 Å². The molecule has 0 bridgehead atoms. The molecule has 1 N–H and O–H groups in total. The van der Waals surface area contributed by atoms with Crippen molar-refractivity contribution in [3.05, 3.63) is 59.8 Å². The minimum absolute atomic E-state index is 0.563. The summed E-state index contributed by atoms with van der Waals surface area (Å²) in [5.74, 6) is 2.21. The fourth-order valence-corrected chi connectivity index (χ4v) is 4.23. The molecule has 3 heteroatoms. The van der Waals surface area contributed by atoms with Gasteiger partial charge in [0.05, 0.1) is 5.60 Å². The van der Waals surface area contributed by atoms with Gasteiger partial charge in [0.1, 0.15) is 5.82 Å². The minimum Gasteiger partial charge on any atom is -0.385 e. The van der Waals surface area contributed by atoms with E-state index in [4.69, 9.17) is 0 Å². The van der Waals surface area contributed by atoms with Crippen LogP contribution in [0, 0.1) is 18.8 Å². The van der Waals surface area contributed by atoms with Gasteiger partial charge in [0.15, 0.2) is 0 Å². The average molecular weight is 294 g/mol. The lowest BCUT2D eigenvalue weighted by Crippen LogP contribution is -2.28. The zero-order chi connectivity index (χ0) is 15.2. The van der Waals surface area contributed by atoms with Gasteiger partial charge in [-0.25, -0.2) is 4.98 Å². The summed E-state index contributed by atoms with van der Waals surface area (Å²) in [7, 11) is 0. The fourth-order valence-electron chi connectivity index (χ4n) is 4.23. The number of rotatable bonds is 2. The second-order valence-electron chi connectivity index (χ2n) is 6.87. The molecule has 0 amide bonds. The van der Waals surface area contributed by atoms with Crippen molar-refractivity contribution in [3.63, 3.8) is 0 Å². The van der Waals surface area contributed by atoms with Gasteiger partial charge in [-0.1, -0.05) is 36.4 Å². The molecule has 22 heavy (non-hydrogen) atoms. The van der Waals surface area contributed by atoms with Crippen LogP contribution in [-0.4, -0.2) is 23.2 Å². The van der Waals surface area contributed by atoms with Crippen LogP contribution in [-0.2, 0) is 5.60 Å². The van der Waals surface area contributed by atoms with E-state index in [2.05, 4.69) is 34.1 Å². The van der Waals surface area contributed by atoms with E-state index in [-0.39, 0.29) is 0 Å². The summed E-state index contributed by atoms with van der Waals surface area (Å²) in [5.41, 5.74) is 1.50. The molecule has 1 aliphatic carbocycles. The number of pyridine rings is 1. The molecule has 3 atom stereocenters. The molecule has 1 saturated carbocycles. The van der Waals surface area contributed by atoms with E-state index in [1.165, 1.54) is 0 Å². The van der Waals surface area contributed by atoms with Crippen molar-refractivity contribution in [2.75, 3.05) is 18.0 Å². The third kappa shape index (κ3) is 2.30. The normalized spacial score (nSPS) is 30.5. The van der Waals surface area contributed by atoms with E-state index in [1.807, 2.05) is 31.2 Å². The first kappa shape index (κ1) is 13.8. The summed E-state index contributed by atoms with van der Waals surface area (Å²) in [6.45, 7) is 4.06. The van der Waals surface area contributed by atoms with E-state index in [0.29, 0.717) is 11.8 Å². The highest BCUT2D eigenvalue weighted by molar-refractivity contribution is 5.41. The zero-order valence-electron chi connectivity index (χ0n) is 12.9.